The van der Waals surface area contributed by atoms with Crippen molar-refractivity contribution in [1.82, 2.24) is 10.3 Å². The van der Waals surface area contributed by atoms with E-state index in [1.165, 1.54) is 25.3 Å². The minimum atomic E-state index is -1.08. The molecule has 0 aliphatic carbocycles. The fraction of sp³-hybridized carbons (Fsp3) is 0.167. The van der Waals surface area contributed by atoms with E-state index in [-0.39, 0.29) is 5.57 Å². The first-order chi connectivity index (χ1) is 9.56. The molecule has 0 saturated carbocycles. The Labute approximate surface area is 120 Å². The summed E-state index contributed by atoms with van der Waals surface area (Å²) >= 11 is 1.17. The van der Waals surface area contributed by atoms with Crippen molar-refractivity contribution in [3.05, 3.63) is 41.7 Å². The molecule has 0 radical (unpaired) electrons. The van der Waals surface area contributed by atoms with Gasteiger partial charge in [0.15, 0.2) is 0 Å². The third-order valence-corrected chi connectivity index (χ3v) is 2.95. The molecule has 20 heavy (non-hydrogen) atoms. The van der Waals surface area contributed by atoms with Crippen LogP contribution < -0.4 is 16.0 Å². The molecule has 0 aliphatic heterocycles. The summed E-state index contributed by atoms with van der Waals surface area (Å²) in [6, 6.07) is 6.33. The number of rotatable bonds is 7. The number of carbonyl (C=O) groups is 2. The first kappa shape index (κ1) is 15.9. The lowest BCUT2D eigenvalue weighted by molar-refractivity contribution is -0.130. The number of primary amides is 1. The number of hydrogen-bond acceptors (Lipinski definition) is 5. The van der Waals surface area contributed by atoms with Crippen molar-refractivity contribution < 1.29 is 19.4 Å². The van der Waals surface area contributed by atoms with Crippen LogP contribution in [0, 0.1) is 0 Å². The summed E-state index contributed by atoms with van der Waals surface area (Å²) in [7, 11) is 1.39. The number of ether oxygens (including phenoxy) is 1. The molecule has 5 N–H and O–H groups in total. The van der Waals surface area contributed by atoms with E-state index in [4.69, 9.17) is 10.5 Å². The van der Waals surface area contributed by atoms with Crippen LogP contribution in [0.4, 0.5) is 4.79 Å². The summed E-state index contributed by atoms with van der Waals surface area (Å²) in [6.45, 7) is 0. The Kier molecular flexibility index (Phi) is 6.41. The van der Waals surface area contributed by atoms with Gasteiger partial charge in [0, 0.05) is 5.75 Å². The minimum absolute atomic E-state index is 0.0616. The van der Waals surface area contributed by atoms with E-state index in [1.54, 1.807) is 24.3 Å². The summed E-state index contributed by atoms with van der Waals surface area (Å²) in [5.41, 5.74) is 8.50. The second-order valence-corrected chi connectivity index (χ2v) is 4.39. The van der Waals surface area contributed by atoms with Gasteiger partial charge in [0.1, 0.15) is 5.57 Å². The lowest BCUT2D eigenvalue weighted by Crippen LogP contribution is -2.37. The monoisotopic (exact) mass is 297 g/mol. The fourth-order valence-electron chi connectivity index (χ4n) is 1.46. The largest absolute Gasteiger partial charge is 0.503 e. The van der Waals surface area contributed by atoms with E-state index in [2.05, 4.69) is 10.3 Å². The molecule has 0 atom stereocenters. The number of carboxylic acids is 1. The average Bonchev–Trinajstić information content (AvgIpc) is 2.41. The maximum Gasteiger partial charge on any atom is 0.339 e. The molecule has 108 valence electrons. The topological polar surface area (TPSA) is 114 Å². The third kappa shape index (κ3) is 4.82. The van der Waals surface area contributed by atoms with Crippen molar-refractivity contribution in [1.29, 1.82) is 0 Å². The highest BCUT2D eigenvalue weighted by Crippen LogP contribution is 2.22. The van der Waals surface area contributed by atoms with Gasteiger partial charge in [-0.1, -0.05) is 36.2 Å². The first-order valence-electron chi connectivity index (χ1n) is 5.53. The molecular weight excluding hydrogens is 282 g/mol. The predicted octanol–water partition coefficient (Wildman–Crippen LogP) is 1.08. The average molecular weight is 297 g/mol. The number of urea groups is 1. The smallest absolute Gasteiger partial charge is 0.339 e. The van der Waals surface area contributed by atoms with Crippen molar-refractivity contribution in [3.8, 4) is 0 Å². The number of nitrogens with one attached hydrogen (secondary N) is 2. The predicted molar refractivity (Wildman–Crippen MR) is 76.2 cm³/mol. The van der Waals surface area contributed by atoms with Crippen molar-refractivity contribution in [2.75, 3.05) is 7.11 Å². The minimum Gasteiger partial charge on any atom is -0.503 e. The molecule has 1 aromatic carbocycles. The van der Waals surface area contributed by atoms with Crippen molar-refractivity contribution in [3.63, 3.8) is 0 Å². The Morgan fingerprint density at radius 2 is 2.15 bits per heavy atom. The van der Waals surface area contributed by atoms with E-state index < -0.39 is 12.0 Å². The lowest BCUT2D eigenvalue weighted by Gasteiger charge is -2.10. The molecule has 7 nitrogen and oxygen atoms in total. The molecule has 0 fully saturated rings. The Bertz CT molecular complexity index is 519. The molecule has 8 heteroatoms. The van der Waals surface area contributed by atoms with Crippen LogP contribution in [-0.4, -0.2) is 24.2 Å². The zero-order valence-corrected chi connectivity index (χ0v) is 11.6. The van der Waals surface area contributed by atoms with Gasteiger partial charge in [-0.25, -0.2) is 9.59 Å². The van der Waals surface area contributed by atoms with E-state index in [1.807, 2.05) is 0 Å². The maximum absolute atomic E-state index is 11.2. The molecule has 0 aromatic heterocycles. The normalized spacial score (nSPS) is 10.9. The van der Waals surface area contributed by atoms with Gasteiger partial charge in [0.2, 0.25) is 0 Å². The zero-order valence-electron chi connectivity index (χ0n) is 10.8. The lowest BCUT2D eigenvalue weighted by atomic mass is 10.0. The molecule has 0 saturated heterocycles. The SMILES string of the molecule is CO/C=C(/C(=O)O)c1ccccc1CSNNC(N)=O. The van der Waals surface area contributed by atoms with Gasteiger partial charge in [-0.3, -0.25) is 5.43 Å². The van der Waals surface area contributed by atoms with Crippen LogP contribution in [0.25, 0.3) is 5.57 Å². The number of hydrogen-bond donors (Lipinski definition) is 4. The molecule has 0 aliphatic rings. The van der Waals surface area contributed by atoms with Crippen LogP contribution in [0.1, 0.15) is 11.1 Å². The molecule has 0 spiro atoms. The van der Waals surface area contributed by atoms with Gasteiger partial charge in [-0.15, -0.1) is 0 Å². The number of carbonyl (C=O) groups excluding carboxylic acids is 1. The molecule has 0 unspecified atom stereocenters. The van der Waals surface area contributed by atoms with Crippen LogP contribution in [-0.2, 0) is 15.3 Å². The highest BCUT2D eigenvalue weighted by Gasteiger charge is 2.14. The highest BCUT2D eigenvalue weighted by atomic mass is 32.2. The van der Waals surface area contributed by atoms with Crippen molar-refractivity contribution >= 4 is 29.5 Å². The van der Waals surface area contributed by atoms with E-state index in [9.17, 15) is 14.7 Å². The summed E-state index contributed by atoms with van der Waals surface area (Å²) in [4.78, 5) is 24.3. The Morgan fingerprint density at radius 3 is 2.75 bits per heavy atom. The zero-order chi connectivity index (χ0) is 15.0. The van der Waals surface area contributed by atoms with E-state index in [0.717, 1.165) is 5.56 Å². The van der Waals surface area contributed by atoms with Crippen LogP contribution in [0.2, 0.25) is 0 Å². The standard InChI is InChI=1S/C12H15N3O4S/c1-19-6-10(11(16)17)9-5-3-2-4-8(9)7-20-15-14-12(13)18/h2-6,15H,7H2,1H3,(H,16,17)(H3,13,14,18)/b10-6+. The molecular formula is C12H15N3O4S. The summed E-state index contributed by atoms with van der Waals surface area (Å²) in [6.07, 6.45) is 1.18. The molecule has 1 rings (SSSR count). The third-order valence-electron chi connectivity index (χ3n) is 2.25. The Morgan fingerprint density at radius 1 is 1.45 bits per heavy atom. The molecule has 0 heterocycles. The fourth-order valence-corrected chi connectivity index (χ4v) is 2.11. The molecule has 0 bridgehead atoms. The van der Waals surface area contributed by atoms with Crippen LogP contribution in [0.15, 0.2) is 30.5 Å². The number of hydrazine groups is 1. The number of aliphatic carboxylic acids is 1. The van der Waals surface area contributed by atoms with Gasteiger partial charge < -0.3 is 15.6 Å². The second-order valence-electron chi connectivity index (χ2n) is 3.61. The van der Waals surface area contributed by atoms with E-state index >= 15 is 0 Å². The van der Waals surface area contributed by atoms with Gasteiger partial charge in [0.25, 0.3) is 0 Å². The van der Waals surface area contributed by atoms with Crippen molar-refractivity contribution in [2.45, 2.75) is 5.75 Å². The second kappa shape index (κ2) is 8.08. The van der Waals surface area contributed by atoms with Gasteiger partial charge in [-0.2, -0.15) is 4.83 Å². The van der Waals surface area contributed by atoms with Gasteiger partial charge in [0.05, 0.1) is 13.4 Å². The number of amides is 2. The van der Waals surface area contributed by atoms with Crippen LogP contribution in [0.5, 0.6) is 0 Å². The van der Waals surface area contributed by atoms with Crippen molar-refractivity contribution in [2.24, 2.45) is 5.73 Å². The summed E-state index contributed by atoms with van der Waals surface area (Å²) < 4.78 is 4.79. The number of benzene rings is 1. The number of nitrogens with two attached hydrogens (primary N) is 1. The highest BCUT2D eigenvalue weighted by molar-refractivity contribution is 7.96. The Balaban J connectivity index is 2.84. The summed E-state index contributed by atoms with van der Waals surface area (Å²) in [5.74, 6) is -0.641. The first-order valence-corrected chi connectivity index (χ1v) is 6.51. The summed E-state index contributed by atoms with van der Waals surface area (Å²) in [5, 5.41) is 9.18. The van der Waals surface area contributed by atoms with Crippen LogP contribution >= 0.6 is 11.9 Å². The molecule has 2 amide bonds. The van der Waals surface area contributed by atoms with Gasteiger partial charge in [-0.05, 0) is 11.1 Å². The van der Waals surface area contributed by atoms with Crippen LogP contribution in [0.3, 0.4) is 0 Å². The Hall–Kier alpha value is -2.19. The maximum atomic E-state index is 11.2. The van der Waals surface area contributed by atoms with Gasteiger partial charge >= 0.3 is 12.0 Å². The number of carboxylic acid groups (broad SMARTS) is 1. The quantitative estimate of drug-likeness (QED) is 0.197. The number of methoxy groups -OCH3 is 1. The molecule has 1 aromatic rings. The van der Waals surface area contributed by atoms with E-state index in [0.29, 0.717) is 11.3 Å².